The van der Waals surface area contributed by atoms with Gasteiger partial charge in [0, 0.05) is 26.5 Å². The number of halogens is 3. The van der Waals surface area contributed by atoms with E-state index in [0.29, 0.717) is 29.1 Å². The molecule has 0 bridgehead atoms. The van der Waals surface area contributed by atoms with Crippen molar-refractivity contribution in [2.24, 2.45) is 10.1 Å². The van der Waals surface area contributed by atoms with Gasteiger partial charge in [-0.15, -0.1) is 4.91 Å². The summed E-state index contributed by atoms with van der Waals surface area (Å²) in [7, 11) is -9.46. The smallest absolute Gasteiger partial charge is 0.322 e. The molecule has 7 nitrogen and oxygen atoms in total. The predicted molar refractivity (Wildman–Crippen MR) is 138 cm³/mol. The molecule has 0 fully saturated rings. The number of allylic oxidation sites excluding steroid dienone is 5. The van der Waals surface area contributed by atoms with Gasteiger partial charge in [-0.3, -0.25) is 4.57 Å². The number of benzene rings is 2. The summed E-state index contributed by atoms with van der Waals surface area (Å²) < 4.78 is 63.7. The molecule has 0 aliphatic heterocycles. The highest BCUT2D eigenvalue weighted by molar-refractivity contribution is 9.10. The van der Waals surface area contributed by atoms with Gasteiger partial charge in [0.25, 0.3) is 0 Å². The maximum absolute atomic E-state index is 14.2. The van der Waals surface area contributed by atoms with Gasteiger partial charge in [-0.2, -0.15) is 20.5 Å². The lowest BCUT2D eigenvalue weighted by atomic mass is 10.0. The molecule has 3 rings (SSSR count). The first-order valence-corrected chi connectivity index (χ1v) is 15.1. The molecule has 3 N–H and O–H groups in total. The number of rotatable bonds is 9. The molecule has 1 aliphatic carbocycles. The molecule has 0 heterocycles. The predicted octanol–water partition coefficient (Wildman–Crippen LogP) is 6.40. The topological polar surface area (TPSA) is 127 Å². The number of nitrogens with two attached hydrogens (primary N) is 1. The van der Waals surface area contributed by atoms with Gasteiger partial charge >= 0.3 is 13.2 Å². The fourth-order valence-corrected chi connectivity index (χ4v) is 6.52. The fraction of sp³-hybridized carbons (Fsp3) is 0.182. The number of primary sulfonamides is 1. The van der Waals surface area contributed by atoms with E-state index in [2.05, 4.69) is 15.9 Å². The van der Waals surface area contributed by atoms with E-state index < -0.39 is 28.8 Å². The summed E-state index contributed by atoms with van der Waals surface area (Å²) in [6.07, 6.45) is 7.14. The minimum absolute atomic E-state index is 0.0747. The van der Waals surface area contributed by atoms with Crippen molar-refractivity contribution in [2.75, 3.05) is 0 Å². The van der Waals surface area contributed by atoms with Crippen LogP contribution in [0.2, 0.25) is 0 Å². The number of hydrogen-bond acceptors (Lipinski definition) is 5. The van der Waals surface area contributed by atoms with Gasteiger partial charge in [0.2, 0.25) is 10.0 Å². The summed E-state index contributed by atoms with van der Waals surface area (Å²) in [4.78, 5) is 21.4. The Morgan fingerprint density at radius 1 is 1.11 bits per heavy atom. The molecular formula is C22H20BrF2N2O5PS2. The number of nitroso groups, excluding NO2 is 1. The Bertz CT molecular complexity index is 1380. The van der Waals surface area contributed by atoms with Crippen molar-refractivity contribution in [3.05, 3.63) is 103 Å². The van der Waals surface area contributed by atoms with Gasteiger partial charge in [0.1, 0.15) is 0 Å². The number of thioether (sulfide) groups is 1. The van der Waals surface area contributed by atoms with Crippen LogP contribution in [0, 0.1) is 4.91 Å². The van der Waals surface area contributed by atoms with E-state index in [1.807, 2.05) is 30.3 Å². The molecular weight excluding hydrogens is 585 g/mol. The van der Waals surface area contributed by atoms with E-state index in [9.17, 15) is 31.6 Å². The van der Waals surface area contributed by atoms with Gasteiger partial charge in [-0.05, 0) is 40.8 Å². The second kappa shape index (κ2) is 11.0. The summed E-state index contributed by atoms with van der Waals surface area (Å²) in [5.41, 5.74) is -2.09. The Morgan fingerprint density at radius 3 is 2.34 bits per heavy atom. The molecule has 186 valence electrons. The zero-order valence-corrected chi connectivity index (χ0v) is 22.1. The van der Waals surface area contributed by atoms with Crippen LogP contribution in [0.25, 0.3) is 5.57 Å². The standard InChI is InChI=1S/C22H20BrF2N2O5PS2/c23-20-12-16(8-11-19(20)22(24,25)33(29,30)27-28)14-34-13-15-6-9-17(10-7-15)18-4-2-1-3-5-21(18)35(26,31)32/h1-3,5-12H,4,13-14H2,(H,29,30)(H2,26,31,32). The Morgan fingerprint density at radius 2 is 1.74 bits per heavy atom. The monoisotopic (exact) mass is 604 g/mol. The van der Waals surface area contributed by atoms with Gasteiger partial charge in [0.05, 0.1) is 4.91 Å². The minimum atomic E-state index is -5.58. The average molecular weight is 605 g/mol. The molecule has 13 heteroatoms. The summed E-state index contributed by atoms with van der Waals surface area (Å²) in [5, 5.41) is 5.37. The van der Waals surface area contributed by atoms with Gasteiger partial charge < -0.3 is 4.89 Å². The molecule has 1 unspecified atom stereocenters. The summed E-state index contributed by atoms with van der Waals surface area (Å²) in [6, 6.07) is 11.2. The highest BCUT2D eigenvalue weighted by atomic mass is 79.9. The van der Waals surface area contributed by atoms with Crippen molar-refractivity contribution >= 4 is 50.8 Å². The van der Waals surface area contributed by atoms with Crippen LogP contribution in [-0.4, -0.2) is 13.3 Å². The molecule has 0 amide bonds. The number of alkyl halides is 2. The molecule has 0 spiro atoms. The van der Waals surface area contributed by atoms with Crippen molar-refractivity contribution in [1.29, 1.82) is 0 Å². The quantitative estimate of drug-likeness (QED) is 0.252. The van der Waals surface area contributed by atoms with E-state index in [0.717, 1.165) is 17.2 Å². The van der Waals surface area contributed by atoms with Crippen LogP contribution in [0.4, 0.5) is 8.78 Å². The van der Waals surface area contributed by atoms with Crippen molar-refractivity contribution in [3.8, 4) is 0 Å². The molecule has 0 saturated heterocycles. The molecule has 0 saturated carbocycles. The largest absolute Gasteiger partial charge is 0.421 e. The van der Waals surface area contributed by atoms with E-state index in [-0.39, 0.29) is 9.38 Å². The Labute approximate surface area is 213 Å². The van der Waals surface area contributed by atoms with E-state index >= 15 is 0 Å². The third-order valence-electron chi connectivity index (χ3n) is 5.09. The Hall–Kier alpha value is -1.95. The summed E-state index contributed by atoms with van der Waals surface area (Å²) in [6.45, 7) is 0. The highest BCUT2D eigenvalue weighted by Crippen LogP contribution is 2.64. The lowest BCUT2D eigenvalue weighted by Gasteiger charge is -2.19. The molecule has 0 radical (unpaired) electrons. The van der Waals surface area contributed by atoms with Crippen LogP contribution in [0.15, 0.2) is 81.1 Å². The third-order valence-corrected chi connectivity index (χ3v) is 9.02. The van der Waals surface area contributed by atoms with Gasteiger partial charge in [-0.1, -0.05) is 70.6 Å². The number of nitrogens with zero attached hydrogens (tertiary/aromatic N) is 1. The first-order chi connectivity index (χ1) is 16.4. The van der Waals surface area contributed by atoms with E-state index in [1.54, 1.807) is 17.1 Å². The number of hydrogen-bond donors (Lipinski definition) is 2. The maximum Gasteiger partial charge on any atom is 0.421 e. The van der Waals surface area contributed by atoms with Crippen LogP contribution < -0.4 is 5.14 Å². The van der Waals surface area contributed by atoms with Crippen LogP contribution in [0.5, 0.6) is 0 Å². The summed E-state index contributed by atoms with van der Waals surface area (Å²) in [5.74, 6) is 1.06. The minimum Gasteiger partial charge on any atom is -0.322 e. The lowest BCUT2D eigenvalue weighted by molar-refractivity contribution is 0.0735. The van der Waals surface area contributed by atoms with Gasteiger partial charge in [0.15, 0.2) is 0 Å². The molecule has 1 atom stereocenters. The van der Waals surface area contributed by atoms with Crippen LogP contribution in [0.3, 0.4) is 0 Å². The summed E-state index contributed by atoms with van der Waals surface area (Å²) >= 11 is 4.49. The molecule has 35 heavy (non-hydrogen) atoms. The van der Waals surface area contributed by atoms with E-state index in [4.69, 9.17) is 5.14 Å². The van der Waals surface area contributed by atoms with Crippen molar-refractivity contribution < 1.29 is 26.7 Å². The molecule has 0 aromatic heterocycles. The average Bonchev–Trinajstić information content (AvgIpc) is 3.06. The second-order valence-electron chi connectivity index (χ2n) is 7.55. The fourth-order valence-electron chi connectivity index (χ4n) is 3.32. The zero-order valence-electron chi connectivity index (χ0n) is 18.0. The molecule has 2 aromatic rings. The van der Waals surface area contributed by atoms with Crippen LogP contribution in [-0.2, 0) is 31.8 Å². The van der Waals surface area contributed by atoms with Crippen LogP contribution in [0.1, 0.15) is 28.7 Å². The molecule has 2 aromatic carbocycles. The lowest BCUT2D eigenvalue weighted by Crippen LogP contribution is -2.15. The van der Waals surface area contributed by atoms with Crippen molar-refractivity contribution in [1.82, 2.24) is 0 Å². The van der Waals surface area contributed by atoms with Gasteiger partial charge in [-0.25, -0.2) is 13.6 Å². The van der Waals surface area contributed by atoms with E-state index in [1.165, 1.54) is 30.0 Å². The third kappa shape index (κ3) is 6.44. The first kappa shape index (κ1) is 27.6. The van der Waals surface area contributed by atoms with Crippen molar-refractivity contribution in [3.63, 3.8) is 0 Å². The first-order valence-electron chi connectivity index (χ1n) is 9.97. The second-order valence-corrected chi connectivity index (χ2v) is 12.7. The van der Waals surface area contributed by atoms with Crippen LogP contribution >= 0.6 is 35.2 Å². The maximum atomic E-state index is 14.2. The Balaban J connectivity index is 1.69. The molecule has 1 aliphatic rings. The normalized spacial score (nSPS) is 16.1. The van der Waals surface area contributed by atoms with Crippen molar-refractivity contribution in [2.45, 2.75) is 23.6 Å². The Kier molecular flexibility index (Phi) is 8.67. The highest BCUT2D eigenvalue weighted by Gasteiger charge is 2.54. The number of sulfonamides is 1. The zero-order chi connectivity index (χ0) is 25.9. The SMILES string of the molecule is NS(=O)(=O)C1=C(c2ccc(CSCc3ccc(C(F)(F)P(=O)(O)N=O)c(Br)c3)cc2)CC=CC=C1.